The average molecular weight is 257 g/mol. The Labute approximate surface area is 103 Å². The Bertz CT molecular complexity index is 439. The van der Waals surface area contributed by atoms with Gasteiger partial charge in [0.1, 0.15) is 5.75 Å². The summed E-state index contributed by atoms with van der Waals surface area (Å²) in [6, 6.07) is 7.78. The Hall–Kier alpha value is -1.07. The van der Waals surface area contributed by atoms with Gasteiger partial charge in [0.05, 0.1) is 12.4 Å². The second-order valence-electron chi connectivity index (χ2n) is 4.14. The molecule has 1 atom stereocenters. The lowest BCUT2D eigenvalue weighted by Gasteiger charge is -2.08. The number of hydrogen-bond acceptors (Lipinski definition) is 3. The van der Waals surface area contributed by atoms with Crippen LogP contribution in [0.1, 0.15) is 25.3 Å². The second-order valence-corrected chi connectivity index (χ2v) is 6.12. The van der Waals surface area contributed by atoms with Crippen LogP contribution < -0.4 is 9.88 Å². The first-order valence-electron chi connectivity index (χ1n) is 5.58. The van der Waals surface area contributed by atoms with Crippen LogP contribution in [-0.2, 0) is 16.4 Å². The molecule has 17 heavy (non-hydrogen) atoms. The molecule has 4 nitrogen and oxygen atoms in total. The summed E-state index contributed by atoms with van der Waals surface area (Å²) in [6.45, 7) is 1.64. The van der Waals surface area contributed by atoms with Gasteiger partial charge in [-0.3, -0.25) is 0 Å². The molecule has 0 heterocycles. The molecular weight excluding hydrogens is 238 g/mol. The number of aryl methyl sites for hydroxylation is 1. The maximum atomic E-state index is 11.0. The molecule has 0 saturated heterocycles. The van der Waals surface area contributed by atoms with Crippen molar-refractivity contribution in [3.8, 4) is 5.75 Å². The maximum absolute atomic E-state index is 11.0. The van der Waals surface area contributed by atoms with Gasteiger partial charge in [-0.1, -0.05) is 12.1 Å². The van der Waals surface area contributed by atoms with Crippen molar-refractivity contribution in [1.29, 1.82) is 0 Å². The SMILES string of the molecule is COc1ccc(CCCC(C)S(N)(=O)=O)cc1. The van der Waals surface area contributed by atoms with Crippen molar-refractivity contribution in [2.75, 3.05) is 7.11 Å². The van der Waals surface area contributed by atoms with Crippen molar-refractivity contribution in [2.24, 2.45) is 5.14 Å². The Morgan fingerprint density at radius 3 is 2.35 bits per heavy atom. The van der Waals surface area contributed by atoms with E-state index in [-0.39, 0.29) is 0 Å². The van der Waals surface area contributed by atoms with Crippen LogP contribution >= 0.6 is 0 Å². The van der Waals surface area contributed by atoms with Crippen molar-refractivity contribution >= 4 is 10.0 Å². The van der Waals surface area contributed by atoms with Crippen molar-refractivity contribution in [2.45, 2.75) is 31.4 Å². The molecule has 0 spiro atoms. The molecule has 5 heteroatoms. The molecule has 0 aliphatic heterocycles. The Kier molecular flexibility index (Phi) is 4.96. The zero-order valence-corrected chi connectivity index (χ0v) is 11.0. The van der Waals surface area contributed by atoms with E-state index in [4.69, 9.17) is 9.88 Å². The Morgan fingerprint density at radius 1 is 1.29 bits per heavy atom. The van der Waals surface area contributed by atoms with Crippen LogP contribution in [0.5, 0.6) is 5.75 Å². The molecule has 0 aliphatic carbocycles. The van der Waals surface area contributed by atoms with Crippen LogP contribution in [0.25, 0.3) is 0 Å². The lowest BCUT2D eigenvalue weighted by molar-refractivity contribution is 0.414. The molecule has 1 rings (SSSR count). The smallest absolute Gasteiger partial charge is 0.211 e. The van der Waals surface area contributed by atoms with E-state index in [1.54, 1.807) is 14.0 Å². The molecule has 0 saturated carbocycles. The van der Waals surface area contributed by atoms with Gasteiger partial charge < -0.3 is 4.74 Å². The fraction of sp³-hybridized carbons (Fsp3) is 0.500. The summed E-state index contributed by atoms with van der Waals surface area (Å²) in [5, 5.41) is 4.58. The first kappa shape index (κ1) is 14.0. The predicted molar refractivity (Wildman–Crippen MR) is 68.5 cm³/mol. The quantitative estimate of drug-likeness (QED) is 0.843. The van der Waals surface area contributed by atoms with E-state index in [0.29, 0.717) is 6.42 Å². The van der Waals surface area contributed by atoms with E-state index in [0.717, 1.165) is 18.6 Å². The standard InChI is InChI=1S/C12H19NO3S/c1-10(17(13,14)15)4-3-5-11-6-8-12(16-2)9-7-11/h6-10H,3-5H2,1-2H3,(H2,13,14,15). The fourth-order valence-electron chi connectivity index (χ4n) is 1.55. The van der Waals surface area contributed by atoms with Gasteiger partial charge in [-0.05, 0) is 43.9 Å². The van der Waals surface area contributed by atoms with Crippen molar-refractivity contribution < 1.29 is 13.2 Å². The number of methoxy groups -OCH3 is 1. The summed E-state index contributed by atoms with van der Waals surface area (Å²) in [5.74, 6) is 0.826. The molecule has 0 aromatic heterocycles. The zero-order chi connectivity index (χ0) is 12.9. The van der Waals surface area contributed by atoms with Gasteiger partial charge >= 0.3 is 0 Å². The third-order valence-electron chi connectivity index (χ3n) is 2.80. The molecule has 1 aromatic rings. The number of rotatable bonds is 6. The van der Waals surface area contributed by atoms with E-state index in [2.05, 4.69) is 0 Å². The highest BCUT2D eigenvalue weighted by atomic mass is 32.2. The highest BCUT2D eigenvalue weighted by Gasteiger charge is 2.14. The van der Waals surface area contributed by atoms with Crippen LogP contribution in [-0.4, -0.2) is 20.8 Å². The molecule has 1 aromatic carbocycles. The van der Waals surface area contributed by atoms with Gasteiger partial charge in [0.25, 0.3) is 0 Å². The number of ether oxygens (including phenoxy) is 1. The van der Waals surface area contributed by atoms with E-state index in [1.807, 2.05) is 24.3 Å². The summed E-state index contributed by atoms with van der Waals surface area (Å²) in [6.07, 6.45) is 2.25. The van der Waals surface area contributed by atoms with Gasteiger partial charge in [0.15, 0.2) is 0 Å². The molecule has 2 N–H and O–H groups in total. The number of primary sulfonamides is 1. The molecule has 1 unspecified atom stereocenters. The topological polar surface area (TPSA) is 69.4 Å². The van der Waals surface area contributed by atoms with Crippen LogP contribution in [0.15, 0.2) is 24.3 Å². The molecule has 96 valence electrons. The van der Waals surface area contributed by atoms with Crippen molar-refractivity contribution in [3.63, 3.8) is 0 Å². The number of hydrogen-bond donors (Lipinski definition) is 1. The molecule has 0 bridgehead atoms. The molecular formula is C12H19NO3S. The molecule has 0 amide bonds. The lowest BCUT2D eigenvalue weighted by Crippen LogP contribution is -2.25. The van der Waals surface area contributed by atoms with Crippen LogP contribution in [0, 0.1) is 0 Å². The first-order valence-corrected chi connectivity index (χ1v) is 7.19. The Morgan fingerprint density at radius 2 is 1.88 bits per heavy atom. The highest BCUT2D eigenvalue weighted by Crippen LogP contribution is 2.14. The van der Waals surface area contributed by atoms with Crippen molar-refractivity contribution in [3.05, 3.63) is 29.8 Å². The lowest BCUT2D eigenvalue weighted by atomic mass is 10.1. The summed E-state index contributed by atoms with van der Waals surface area (Å²) in [5.41, 5.74) is 1.17. The van der Waals surface area contributed by atoms with E-state index in [9.17, 15) is 8.42 Å². The van der Waals surface area contributed by atoms with Gasteiger partial charge in [0, 0.05) is 0 Å². The normalized spacial score (nSPS) is 13.4. The third kappa shape index (κ3) is 4.75. The summed E-state index contributed by atoms with van der Waals surface area (Å²) in [7, 11) is -1.76. The first-order chi connectivity index (χ1) is 7.93. The molecule has 0 radical (unpaired) electrons. The number of sulfonamides is 1. The summed E-state index contributed by atoms with van der Waals surface area (Å²) in [4.78, 5) is 0. The monoisotopic (exact) mass is 257 g/mol. The maximum Gasteiger partial charge on any atom is 0.211 e. The van der Waals surface area contributed by atoms with Crippen molar-refractivity contribution in [1.82, 2.24) is 0 Å². The average Bonchev–Trinajstić information content (AvgIpc) is 2.28. The van der Waals surface area contributed by atoms with E-state index >= 15 is 0 Å². The summed E-state index contributed by atoms with van der Waals surface area (Å²) < 4.78 is 27.1. The highest BCUT2D eigenvalue weighted by molar-refractivity contribution is 7.89. The van der Waals surface area contributed by atoms with Crippen LogP contribution in [0.2, 0.25) is 0 Å². The number of nitrogens with two attached hydrogens (primary N) is 1. The zero-order valence-electron chi connectivity index (χ0n) is 10.2. The predicted octanol–water partition coefficient (Wildman–Crippen LogP) is 1.69. The fourth-order valence-corrected chi connectivity index (χ4v) is 2.05. The van der Waals surface area contributed by atoms with Gasteiger partial charge in [-0.2, -0.15) is 0 Å². The number of benzene rings is 1. The Balaban J connectivity index is 2.41. The van der Waals surface area contributed by atoms with Crippen LogP contribution in [0.4, 0.5) is 0 Å². The largest absolute Gasteiger partial charge is 0.497 e. The van der Waals surface area contributed by atoms with E-state index < -0.39 is 15.3 Å². The molecule has 0 aliphatic rings. The molecule has 0 fully saturated rings. The summed E-state index contributed by atoms with van der Waals surface area (Å²) >= 11 is 0. The minimum atomic E-state index is -3.39. The van der Waals surface area contributed by atoms with Gasteiger partial charge in [-0.25, -0.2) is 13.6 Å². The van der Waals surface area contributed by atoms with Crippen LogP contribution in [0.3, 0.4) is 0 Å². The van der Waals surface area contributed by atoms with E-state index in [1.165, 1.54) is 5.56 Å². The van der Waals surface area contributed by atoms with Gasteiger partial charge in [0.2, 0.25) is 10.0 Å². The minimum absolute atomic E-state index is 0.472. The third-order valence-corrected chi connectivity index (χ3v) is 4.15. The minimum Gasteiger partial charge on any atom is -0.497 e. The van der Waals surface area contributed by atoms with Gasteiger partial charge in [-0.15, -0.1) is 0 Å². The second kappa shape index (κ2) is 6.02.